The zero-order valence-electron chi connectivity index (χ0n) is 14.0. The number of rotatable bonds is 3. The molecule has 0 bridgehead atoms. The zero-order chi connectivity index (χ0) is 18.5. The molecule has 0 amide bonds. The molecular weight excluding hydrogens is 465 g/mol. The first-order valence-electron chi connectivity index (χ1n) is 7.80. The van der Waals surface area contributed by atoms with Gasteiger partial charge in [-0.2, -0.15) is 0 Å². The van der Waals surface area contributed by atoms with E-state index in [1.165, 1.54) is 3.97 Å². The Morgan fingerprint density at radius 3 is 2.54 bits per heavy atom. The average Bonchev–Trinajstić information content (AvgIpc) is 3.15. The van der Waals surface area contributed by atoms with Crippen molar-refractivity contribution in [1.29, 1.82) is 0 Å². The molecule has 0 radical (unpaired) electrons. The van der Waals surface area contributed by atoms with Gasteiger partial charge in [-0.3, -0.25) is 4.98 Å². The molecule has 3 heterocycles. The maximum Gasteiger partial charge on any atom is 0.268 e. The number of nitrogens with zero attached hydrogens (tertiary/aromatic N) is 3. The highest BCUT2D eigenvalue weighted by molar-refractivity contribution is 14.1. The molecule has 4 aromatic rings. The summed E-state index contributed by atoms with van der Waals surface area (Å²) >= 11 is 2.10. The first-order valence-corrected chi connectivity index (χ1v) is 10.3. The van der Waals surface area contributed by atoms with E-state index >= 15 is 0 Å². The van der Waals surface area contributed by atoms with E-state index in [9.17, 15) is 8.42 Å². The van der Waals surface area contributed by atoms with Crippen LogP contribution in [0, 0.1) is 17.4 Å². The minimum Gasteiger partial charge on any atom is -0.361 e. The van der Waals surface area contributed by atoms with Crippen molar-refractivity contribution < 1.29 is 12.9 Å². The summed E-state index contributed by atoms with van der Waals surface area (Å²) in [5.74, 6) is 0.669. The van der Waals surface area contributed by atoms with Crippen LogP contribution in [-0.2, 0) is 10.0 Å². The third-order valence-electron chi connectivity index (χ3n) is 4.18. The predicted molar refractivity (Wildman–Crippen MR) is 106 cm³/mol. The van der Waals surface area contributed by atoms with Crippen LogP contribution in [0.5, 0.6) is 0 Å². The fourth-order valence-electron chi connectivity index (χ4n) is 2.98. The molecule has 132 valence electrons. The van der Waals surface area contributed by atoms with Crippen molar-refractivity contribution in [2.75, 3.05) is 0 Å². The molecule has 0 saturated heterocycles. The summed E-state index contributed by atoms with van der Waals surface area (Å²) in [7, 11) is -3.72. The normalized spacial score (nSPS) is 12.0. The van der Waals surface area contributed by atoms with E-state index in [4.69, 9.17) is 4.52 Å². The number of pyridine rings is 1. The van der Waals surface area contributed by atoms with Crippen molar-refractivity contribution in [3.8, 4) is 11.1 Å². The van der Waals surface area contributed by atoms with Gasteiger partial charge < -0.3 is 4.52 Å². The Morgan fingerprint density at radius 2 is 1.88 bits per heavy atom. The molecule has 0 unspecified atom stereocenters. The second-order valence-electron chi connectivity index (χ2n) is 5.88. The van der Waals surface area contributed by atoms with Gasteiger partial charge in [-0.1, -0.05) is 23.4 Å². The number of aryl methyl sites for hydroxylation is 2. The largest absolute Gasteiger partial charge is 0.361 e. The SMILES string of the molecule is Cc1noc(C)c1-c1cnc2c(I)cn(S(=O)(=O)c3ccccc3)c2c1. The first kappa shape index (κ1) is 17.2. The molecule has 0 spiro atoms. The fraction of sp³-hybridized carbons (Fsp3) is 0.111. The Kier molecular flexibility index (Phi) is 4.11. The van der Waals surface area contributed by atoms with Crippen LogP contribution < -0.4 is 0 Å². The average molecular weight is 479 g/mol. The highest BCUT2D eigenvalue weighted by atomic mass is 127. The lowest BCUT2D eigenvalue weighted by atomic mass is 10.1. The minimum absolute atomic E-state index is 0.232. The van der Waals surface area contributed by atoms with Gasteiger partial charge in [-0.05, 0) is 54.6 Å². The van der Waals surface area contributed by atoms with Crippen molar-refractivity contribution in [1.82, 2.24) is 14.1 Å². The van der Waals surface area contributed by atoms with Gasteiger partial charge in [0, 0.05) is 23.5 Å². The van der Waals surface area contributed by atoms with Gasteiger partial charge in [0.05, 0.1) is 19.7 Å². The molecule has 0 fully saturated rings. The number of benzene rings is 1. The fourth-order valence-corrected chi connectivity index (χ4v) is 5.23. The van der Waals surface area contributed by atoms with Crippen molar-refractivity contribution in [3.05, 3.63) is 63.8 Å². The standard InChI is InChI=1S/C18H14IN3O3S/c1-11-17(12(2)25-21-11)13-8-16-18(20-9-13)15(19)10-22(16)26(23,24)14-6-4-3-5-7-14/h3-10H,1-2H3. The third kappa shape index (κ3) is 2.64. The monoisotopic (exact) mass is 479 g/mol. The van der Waals surface area contributed by atoms with Crippen LogP contribution in [0.3, 0.4) is 0 Å². The molecule has 6 nitrogen and oxygen atoms in total. The molecule has 3 aromatic heterocycles. The summed E-state index contributed by atoms with van der Waals surface area (Å²) < 4.78 is 33.5. The summed E-state index contributed by atoms with van der Waals surface area (Å²) in [5, 5.41) is 3.97. The Labute approximate surface area is 164 Å². The molecule has 0 atom stereocenters. The maximum atomic E-state index is 13.1. The van der Waals surface area contributed by atoms with E-state index < -0.39 is 10.0 Å². The Balaban J connectivity index is 1.99. The highest BCUT2D eigenvalue weighted by Crippen LogP contribution is 2.32. The van der Waals surface area contributed by atoms with Crippen molar-refractivity contribution in [3.63, 3.8) is 0 Å². The van der Waals surface area contributed by atoms with Gasteiger partial charge in [-0.15, -0.1) is 0 Å². The summed E-state index contributed by atoms with van der Waals surface area (Å²) in [4.78, 5) is 4.72. The van der Waals surface area contributed by atoms with Crippen LogP contribution in [-0.4, -0.2) is 22.5 Å². The maximum absolute atomic E-state index is 13.1. The Morgan fingerprint density at radius 1 is 1.15 bits per heavy atom. The second-order valence-corrected chi connectivity index (χ2v) is 8.86. The van der Waals surface area contributed by atoms with E-state index in [0.717, 1.165) is 20.4 Å². The van der Waals surface area contributed by atoms with E-state index in [0.29, 0.717) is 16.8 Å². The summed E-state index contributed by atoms with van der Waals surface area (Å²) in [6.45, 7) is 3.67. The molecule has 0 aliphatic heterocycles. The van der Waals surface area contributed by atoms with Crippen molar-refractivity contribution >= 4 is 43.6 Å². The van der Waals surface area contributed by atoms with Gasteiger partial charge in [0.25, 0.3) is 10.0 Å². The molecule has 0 aliphatic carbocycles. The number of fused-ring (bicyclic) bond motifs is 1. The lowest BCUT2D eigenvalue weighted by Crippen LogP contribution is -2.11. The summed E-state index contributed by atoms with van der Waals surface area (Å²) in [6.07, 6.45) is 3.31. The van der Waals surface area contributed by atoms with Crippen molar-refractivity contribution in [2.24, 2.45) is 0 Å². The van der Waals surface area contributed by atoms with Crippen molar-refractivity contribution in [2.45, 2.75) is 18.7 Å². The molecule has 26 heavy (non-hydrogen) atoms. The van der Waals surface area contributed by atoms with Crippen LogP contribution in [0.1, 0.15) is 11.5 Å². The first-order chi connectivity index (χ1) is 12.4. The highest BCUT2D eigenvalue weighted by Gasteiger charge is 2.22. The second kappa shape index (κ2) is 6.20. The van der Waals surface area contributed by atoms with E-state index in [-0.39, 0.29) is 4.90 Å². The minimum atomic E-state index is -3.72. The van der Waals surface area contributed by atoms with E-state index in [1.54, 1.807) is 42.7 Å². The Hall–Kier alpha value is -2.20. The summed E-state index contributed by atoms with van der Waals surface area (Å²) in [5.41, 5.74) is 3.51. The number of hydrogen-bond donors (Lipinski definition) is 0. The number of hydrogen-bond acceptors (Lipinski definition) is 5. The van der Waals surface area contributed by atoms with Crippen LogP contribution in [0.15, 0.2) is 58.2 Å². The van der Waals surface area contributed by atoms with Crippen LogP contribution in [0.4, 0.5) is 0 Å². The molecule has 0 aliphatic rings. The van der Waals surface area contributed by atoms with Crippen LogP contribution in [0.25, 0.3) is 22.2 Å². The van der Waals surface area contributed by atoms with Crippen LogP contribution >= 0.6 is 22.6 Å². The molecule has 0 N–H and O–H groups in total. The van der Waals surface area contributed by atoms with Gasteiger partial charge in [-0.25, -0.2) is 12.4 Å². The van der Waals surface area contributed by atoms with Gasteiger partial charge in [0.15, 0.2) is 0 Å². The number of aromatic nitrogens is 3. The smallest absolute Gasteiger partial charge is 0.268 e. The van der Waals surface area contributed by atoms with Gasteiger partial charge >= 0.3 is 0 Å². The molecule has 4 rings (SSSR count). The lowest BCUT2D eigenvalue weighted by Gasteiger charge is -2.08. The Bertz CT molecular complexity index is 1210. The summed E-state index contributed by atoms with van der Waals surface area (Å²) in [6, 6.07) is 10.2. The van der Waals surface area contributed by atoms with Crippen LogP contribution in [0.2, 0.25) is 0 Å². The van der Waals surface area contributed by atoms with E-state index in [2.05, 4.69) is 32.7 Å². The van der Waals surface area contributed by atoms with Gasteiger partial charge in [0.1, 0.15) is 11.3 Å². The van der Waals surface area contributed by atoms with Gasteiger partial charge in [0.2, 0.25) is 0 Å². The third-order valence-corrected chi connectivity index (χ3v) is 6.66. The molecule has 1 aromatic carbocycles. The lowest BCUT2D eigenvalue weighted by molar-refractivity contribution is 0.393. The predicted octanol–water partition coefficient (Wildman–Crippen LogP) is 4.15. The number of halogens is 1. The molecule has 0 saturated carbocycles. The van der Waals surface area contributed by atoms with E-state index in [1.807, 2.05) is 19.9 Å². The molecular formula is C18H14IN3O3S. The quantitative estimate of drug-likeness (QED) is 0.413. The topological polar surface area (TPSA) is 78.0 Å². The molecule has 8 heteroatoms. The zero-order valence-corrected chi connectivity index (χ0v) is 16.9.